The van der Waals surface area contributed by atoms with Gasteiger partial charge in [0.05, 0.1) is 12.7 Å². The zero-order valence-electron chi connectivity index (χ0n) is 8.67. The third kappa shape index (κ3) is 1.48. The summed E-state index contributed by atoms with van der Waals surface area (Å²) in [6.07, 6.45) is -0.350. The number of methoxy groups -OCH3 is 1. The van der Waals surface area contributed by atoms with Crippen molar-refractivity contribution in [2.24, 2.45) is 5.73 Å². The number of esters is 1. The Balaban J connectivity index is 2.25. The molecule has 0 aliphatic heterocycles. The van der Waals surface area contributed by atoms with Crippen LogP contribution < -0.4 is 5.73 Å². The number of hydrogen-bond donors (Lipinski definition) is 1. The van der Waals surface area contributed by atoms with Crippen LogP contribution in [-0.2, 0) is 10.3 Å². The number of alkyl halides is 2. The second-order valence-corrected chi connectivity index (χ2v) is 3.92. The molecule has 1 aromatic carbocycles. The summed E-state index contributed by atoms with van der Waals surface area (Å²) >= 11 is 0. The van der Waals surface area contributed by atoms with E-state index in [9.17, 15) is 13.6 Å². The lowest BCUT2D eigenvalue weighted by atomic mass is 10.0. The minimum atomic E-state index is -2.85. The van der Waals surface area contributed by atoms with Gasteiger partial charge in [-0.3, -0.25) is 0 Å². The zero-order chi connectivity index (χ0) is 12.0. The molecular formula is C11H11F2NO2. The lowest BCUT2D eigenvalue weighted by Gasteiger charge is -2.10. The van der Waals surface area contributed by atoms with Crippen LogP contribution in [0, 0.1) is 0 Å². The predicted molar refractivity (Wildman–Crippen MR) is 53.2 cm³/mol. The van der Waals surface area contributed by atoms with E-state index in [0.717, 1.165) is 0 Å². The third-order valence-electron chi connectivity index (χ3n) is 2.85. The van der Waals surface area contributed by atoms with E-state index in [4.69, 9.17) is 5.73 Å². The van der Waals surface area contributed by atoms with Gasteiger partial charge in [0.25, 0.3) is 5.92 Å². The molecule has 16 heavy (non-hydrogen) atoms. The number of carbonyl (C=O) groups excluding carboxylic acids is 1. The van der Waals surface area contributed by atoms with Gasteiger partial charge in [0.1, 0.15) is 5.54 Å². The Morgan fingerprint density at radius 3 is 2.25 bits per heavy atom. The maximum absolute atomic E-state index is 13.0. The number of ether oxygens (including phenoxy) is 1. The maximum Gasteiger partial charge on any atom is 0.337 e. The summed E-state index contributed by atoms with van der Waals surface area (Å²) in [6.45, 7) is 0. The molecular weight excluding hydrogens is 216 g/mol. The van der Waals surface area contributed by atoms with Crippen LogP contribution in [-0.4, -0.2) is 19.0 Å². The molecule has 2 rings (SSSR count). The normalized spacial score (nSPS) is 26.2. The van der Waals surface area contributed by atoms with Gasteiger partial charge in [-0.1, -0.05) is 12.1 Å². The van der Waals surface area contributed by atoms with Gasteiger partial charge in [-0.15, -0.1) is 0 Å². The van der Waals surface area contributed by atoms with Gasteiger partial charge in [-0.25, -0.2) is 13.6 Å². The SMILES string of the molecule is COC(=O)c1ccc(C2(N)CC2(F)F)cc1. The average Bonchev–Trinajstić information content (AvgIpc) is 2.79. The van der Waals surface area contributed by atoms with E-state index in [1.54, 1.807) is 0 Å². The molecule has 1 aliphatic carbocycles. The third-order valence-corrected chi connectivity index (χ3v) is 2.85. The first-order valence-corrected chi connectivity index (χ1v) is 4.76. The van der Waals surface area contributed by atoms with Crippen molar-refractivity contribution in [1.29, 1.82) is 0 Å². The molecule has 1 aliphatic rings. The maximum atomic E-state index is 13.0. The van der Waals surface area contributed by atoms with Crippen LogP contribution in [0.1, 0.15) is 22.3 Å². The molecule has 1 unspecified atom stereocenters. The van der Waals surface area contributed by atoms with E-state index in [1.807, 2.05) is 0 Å². The average molecular weight is 227 g/mol. The highest BCUT2D eigenvalue weighted by Crippen LogP contribution is 2.57. The van der Waals surface area contributed by atoms with Crippen molar-refractivity contribution >= 4 is 5.97 Å². The molecule has 1 aromatic rings. The molecule has 0 aromatic heterocycles. The van der Waals surface area contributed by atoms with Crippen LogP contribution in [0.5, 0.6) is 0 Å². The van der Waals surface area contributed by atoms with Gasteiger partial charge < -0.3 is 10.5 Å². The minimum Gasteiger partial charge on any atom is -0.465 e. The topological polar surface area (TPSA) is 52.3 Å². The summed E-state index contributed by atoms with van der Waals surface area (Å²) in [5.74, 6) is -3.35. The summed E-state index contributed by atoms with van der Waals surface area (Å²) in [7, 11) is 1.26. The molecule has 0 heterocycles. The predicted octanol–water partition coefficient (Wildman–Crippen LogP) is 1.67. The van der Waals surface area contributed by atoms with Gasteiger partial charge >= 0.3 is 5.97 Å². The van der Waals surface area contributed by atoms with Crippen molar-refractivity contribution in [2.75, 3.05) is 7.11 Å². The van der Waals surface area contributed by atoms with E-state index in [1.165, 1.54) is 31.4 Å². The Morgan fingerprint density at radius 1 is 1.38 bits per heavy atom. The van der Waals surface area contributed by atoms with Crippen molar-refractivity contribution in [3.05, 3.63) is 35.4 Å². The molecule has 2 N–H and O–H groups in total. The number of carbonyl (C=O) groups is 1. The largest absolute Gasteiger partial charge is 0.465 e. The van der Waals surface area contributed by atoms with E-state index in [0.29, 0.717) is 11.1 Å². The fourth-order valence-corrected chi connectivity index (χ4v) is 1.64. The Kier molecular flexibility index (Phi) is 2.24. The molecule has 0 bridgehead atoms. The molecule has 0 spiro atoms. The molecule has 1 atom stereocenters. The molecule has 0 amide bonds. The highest BCUT2D eigenvalue weighted by Gasteiger charge is 2.69. The standard InChI is InChI=1S/C11H11F2NO2/c1-16-9(15)7-2-4-8(5-3-7)10(14)6-11(10,12)13/h2-5H,6,14H2,1H3. The Bertz CT molecular complexity index is 430. The van der Waals surface area contributed by atoms with Crippen molar-refractivity contribution in [1.82, 2.24) is 0 Å². The minimum absolute atomic E-state index is 0.318. The summed E-state index contributed by atoms with van der Waals surface area (Å²) < 4.78 is 30.4. The summed E-state index contributed by atoms with van der Waals surface area (Å²) in [5.41, 5.74) is 4.63. The van der Waals surface area contributed by atoms with Crippen LogP contribution in [0.3, 0.4) is 0 Å². The fourth-order valence-electron chi connectivity index (χ4n) is 1.64. The number of hydrogen-bond acceptors (Lipinski definition) is 3. The number of benzene rings is 1. The van der Waals surface area contributed by atoms with Crippen molar-refractivity contribution in [3.8, 4) is 0 Å². The lowest BCUT2D eigenvalue weighted by molar-refractivity contribution is 0.0600. The summed E-state index contributed by atoms with van der Waals surface area (Å²) in [4.78, 5) is 11.1. The molecule has 1 fully saturated rings. The van der Waals surface area contributed by atoms with E-state index in [-0.39, 0.29) is 6.42 Å². The Labute approximate surface area is 91.2 Å². The molecule has 0 radical (unpaired) electrons. The molecule has 86 valence electrons. The Morgan fingerprint density at radius 2 is 1.88 bits per heavy atom. The fraction of sp³-hybridized carbons (Fsp3) is 0.364. The highest BCUT2D eigenvalue weighted by atomic mass is 19.3. The first-order chi connectivity index (χ1) is 7.40. The van der Waals surface area contributed by atoms with E-state index >= 15 is 0 Å². The van der Waals surface area contributed by atoms with Crippen molar-refractivity contribution in [3.63, 3.8) is 0 Å². The zero-order valence-corrected chi connectivity index (χ0v) is 8.67. The second-order valence-electron chi connectivity index (χ2n) is 3.92. The van der Waals surface area contributed by atoms with Crippen LogP contribution in [0.2, 0.25) is 0 Å². The van der Waals surface area contributed by atoms with Crippen molar-refractivity contribution in [2.45, 2.75) is 17.9 Å². The lowest BCUT2D eigenvalue weighted by Crippen LogP contribution is -2.27. The Hall–Kier alpha value is -1.49. The highest BCUT2D eigenvalue weighted by molar-refractivity contribution is 5.89. The van der Waals surface area contributed by atoms with Gasteiger partial charge in [0.2, 0.25) is 0 Å². The number of halogens is 2. The second kappa shape index (κ2) is 3.25. The van der Waals surface area contributed by atoms with Crippen LogP contribution in [0.4, 0.5) is 8.78 Å². The van der Waals surface area contributed by atoms with E-state index < -0.39 is 17.4 Å². The van der Waals surface area contributed by atoms with Crippen LogP contribution >= 0.6 is 0 Å². The first kappa shape index (κ1) is 11.0. The quantitative estimate of drug-likeness (QED) is 0.782. The molecule has 3 nitrogen and oxygen atoms in total. The number of nitrogens with two attached hydrogens (primary N) is 1. The molecule has 0 saturated heterocycles. The van der Waals surface area contributed by atoms with Gasteiger partial charge in [0.15, 0.2) is 0 Å². The number of rotatable bonds is 2. The van der Waals surface area contributed by atoms with E-state index in [2.05, 4.69) is 4.74 Å². The monoisotopic (exact) mass is 227 g/mol. The summed E-state index contributed by atoms with van der Waals surface area (Å²) in [6, 6.07) is 5.74. The molecule has 1 saturated carbocycles. The smallest absolute Gasteiger partial charge is 0.337 e. The van der Waals surface area contributed by atoms with Crippen LogP contribution in [0.15, 0.2) is 24.3 Å². The summed E-state index contributed by atoms with van der Waals surface area (Å²) in [5, 5.41) is 0. The van der Waals surface area contributed by atoms with Gasteiger partial charge in [-0.2, -0.15) is 0 Å². The van der Waals surface area contributed by atoms with Crippen LogP contribution in [0.25, 0.3) is 0 Å². The van der Waals surface area contributed by atoms with Gasteiger partial charge in [-0.05, 0) is 17.7 Å². The van der Waals surface area contributed by atoms with Crippen molar-refractivity contribution < 1.29 is 18.3 Å². The molecule has 5 heteroatoms. The van der Waals surface area contributed by atoms with Gasteiger partial charge in [0, 0.05) is 6.42 Å². The first-order valence-electron chi connectivity index (χ1n) is 4.76.